The molecule has 0 radical (unpaired) electrons. The molecule has 0 aliphatic heterocycles. The second-order valence-electron chi connectivity index (χ2n) is 4.99. The first-order valence-electron chi connectivity index (χ1n) is 5.30. The lowest BCUT2D eigenvalue weighted by Gasteiger charge is -2.27. The van der Waals surface area contributed by atoms with Crippen molar-refractivity contribution in [2.45, 2.75) is 50.9 Å². The van der Waals surface area contributed by atoms with Crippen LogP contribution >= 0.6 is 12.6 Å². The Labute approximate surface area is 98.4 Å². The van der Waals surface area contributed by atoms with Crippen molar-refractivity contribution in [1.29, 1.82) is 0 Å². The zero-order valence-corrected chi connectivity index (χ0v) is 11.1. The van der Waals surface area contributed by atoms with Gasteiger partial charge in [-0.3, -0.25) is 4.79 Å². The Morgan fingerprint density at radius 1 is 1.27 bits per heavy atom. The lowest BCUT2D eigenvalue weighted by atomic mass is 10.0. The molecule has 1 N–H and O–H groups in total. The average molecular weight is 233 g/mol. The molecule has 0 aliphatic rings. The summed E-state index contributed by atoms with van der Waals surface area (Å²) in [5.74, 6) is 0. The van der Waals surface area contributed by atoms with Crippen LogP contribution in [0.15, 0.2) is 0 Å². The number of carbonyl (C=O) groups is 1. The molecular formula is C11H23NO2S. The van der Waals surface area contributed by atoms with E-state index in [0.29, 0.717) is 19.6 Å². The predicted octanol–water partition coefficient (Wildman–Crippen LogP) is 2.02. The lowest BCUT2D eigenvalue weighted by molar-refractivity contribution is -0.109. The van der Waals surface area contributed by atoms with Gasteiger partial charge in [0.05, 0.1) is 5.60 Å². The predicted molar refractivity (Wildman–Crippen MR) is 66.4 cm³/mol. The Kier molecular flexibility index (Phi) is 6.29. The van der Waals surface area contributed by atoms with Crippen molar-refractivity contribution >= 4 is 19.0 Å². The molecular weight excluding hydrogens is 210 g/mol. The molecule has 4 heteroatoms. The number of hydrogen-bond donors (Lipinski definition) is 2. The molecule has 15 heavy (non-hydrogen) atoms. The average Bonchev–Trinajstić information content (AvgIpc) is 2.01. The van der Waals surface area contributed by atoms with Crippen molar-refractivity contribution in [3.8, 4) is 0 Å². The highest BCUT2D eigenvalue weighted by Gasteiger charge is 2.19. The van der Waals surface area contributed by atoms with Crippen LogP contribution in [0.2, 0.25) is 0 Å². The van der Waals surface area contributed by atoms with Crippen LogP contribution in [0, 0.1) is 0 Å². The van der Waals surface area contributed by atoms with Crippen molar-refractivity contribution in [2.24, 2.45) is 0 Å². The molecule has 0 aromatic carbocycles. The van der Waals surface area contributed by atoms with Crippen molar-refractivity contribution in [3.63, 3.8) is 0 Å². The molecule has 0 heterocycles. The van der Waals surface area contributed by atoms with Crippen molar-refractivity contribution in [2.75, 3.05) is 13.2 Å². The largest absolute Gasteiger partial charge is 0.375 e. The number of amides is 1. The molecule has 0 aromatic rings. The van der Waals surface area contributed by atoms with Crippen LogP contribution in [0.25, 0.3) is 0 Å². The summed E-state index contributed by atoms with van der Waals surface area (Å²) < 4.78 is 5.76. The number of hydrogen-bond acceptors (Lipinski definition) is 3. The third kappa shape index (κ3) is 10.1. The molecule has 0 saturated heterocycles. The summed E-state index contributed by atoms with van der Waals surface area (Å²) in [5, 5.41) is 2.64. The van der Waals surface area contributed by atoms with Crippen molar-refractivity contribution < 1.29 is 9.53 Å². The lowest BCUT2D eigenvalue weighted by Crippen LogP contribution is -2.31. The van der Waals surface area contributed by atoms with Gasteiger partial charge >= 0.3 is 0 Å². The summed E-state index contributed by atoms with van der Waals surface area (Å²) in [6.07, 6.45) is 2.45. The molecule has 3 nitrogen and oxygen atoms in total. The summed E-state index contributed by atoms with van der Waals surface area (Å²) >= 11 is 4.43. The van der Waals surface area contributed by atoms with Crippen LogP contribution in [0.5, 0.6) is 0 Å². The smallest absolute Gasteiger partial charge is 0.207 e. The van der Waals surface area contributed by atoms with Gasteiger partial charge in [-0.2, -0.15) is 12.6 Å². The number of nitrogens with one attached hydrogen (secondary N) is 1. The van der Waals surface area contributed by atoms with Gasteiger partial charge in [-0.15, -0.1) is 0 Å². The first kappa shape index (κ1) is 14.8. The molecule has 0 rings (SSSR count). The maximum Gasteiger partial charge on any atom is 0.207 e. The standard InChI is InChI=1S/C11H23NO2S/c1-10(2,5-7-12-9-13)14-8-6-11(3,4)15/h9,15H,5-8H2,1-4H3,(H,12,13). The number of rotatable bonds is 8. The van der Waals surface area contributed by atoms with Gasteiger partial charge in [0.15, 0.2) is 0 Å². The van der Waals surface area contributed by atoms with E-state index in [2.05, 4.69) is 31.8 Å². The van der Waals surface area contributed by atoms with Gasteiger partial charge in [0.1, 0.15) is 0 Å². The fraction of sp³-hybridized carbons (Fsp3) is 0.909. The Morgan fingerprint density at radius 3 is 2.33 bits per heavy atom. The number of ether oxygens (including phenoxy) is 1. The van der Waals surface area contributed by atoms with Crippen LogP contribution < -0.4 is 5.32 Å². The highest BCUT2D eigenvalue weighted by Crippen LogP contribution is 2.20. The van der Waals surface area contributed by atoms with Gasteiger partial charge in [0.2, 0.25) is 6.41 Å². The Hall–Kier alpha value is -0.220. The van der Waals surface area contributed by atoms with Crippen LogP contribution in [-0.4, -0.2) is 29.9 Å². The highest BCUT2D eigenvalue weighted by atomic mass is 32.1. The number of carbonyl (C=O) groups excluding carboxylic acids is 1. The van der Waals surface area contributed by atoms with Gasteiger partial charge in [-0.1, -0.05) is 13.8 Å². The van der Waals surface area contributed by atoms with E-state index in [1.165, 1.54) is 0 Å². The van der Waals surface area contributed by atoms with Crippen molar-refractivity contribution in [1.82, 2.24) is 5.32 Å². The van der Waals surface area contributed by atoms with Gasteiger partial charge < -0.3 is 10.1 Å². The molecule has 0 saturated carbocycles. The van der Waals surface area contributed by atoms with Gasteiger partial charge in [-0.25, -0.2) is 0 Å². The quantitative estimate of drug-likeness (QED) is 0.382. The molecule has 0 aromatic heterocycles. The van der Waals surface area contributed by atoms with E-state index in [1.807, 2.05) is 13.8 Å². The van der Waals surface area contributed by atoms with Crippen LogP contribution in [0.4, 0.5) is 0 Å². The molecule has 0 atom stereocenters. The van der Waals surface area contributed by atoms with Crippen molar-refractivity contribution in [3.05, 3.63) is 0 Å². The minimum Gasteiger partial charge on any atom is -0.375 e. The fourth-order valence-electron chi connectivity index (χ4n) is 1.08. The summed E-state index contributed by atoms with van der Waals surface area (Å²) in [4.78, 5) is 10.1. The molecule has 0 spiro atoms. The maximum atomic E-state index is 10.1. The molecule has 90 valence electrons. The fourth-order valence-corrected chi connectivity index (χ4v) is 1.17. The molecule has 0 bridgehead atoms. The molecule has 1 amide bonds. The van der Waals surface area contributed by atoms with Crippen LogP contribution in [0.3, 0.4) is 0 Å². The van der Waals surface area contributed by atoms with E-state index in [0.717, 1.165) is 12.8 Å². The van der Waals surface area contributed by atoms with Gasteiger partial charge in [0.25, 0.3) is 0 Å². The first-order chi connectivity index (χ1) is 6.77. The third-order valence-corrected chi connectivity index (χ3v) is 2.39. The maximum absolute atomic E-state index is 10.1. The molecule has 0 aliphatic carbocycles. The van der Waals surface area contributed by atoms with Crippen LogP contribution in [0.1, 0.15) is 40.5 Å². The topological polar surface area (TPSA) is 38.3 Å². The first-order valence-corrected chi connectivity index (χ1v) is 5.75. The SMILES string of the molecule is CC(C)(S)CCOC(C)(C)CCNC=O. The summed E-state index contributed by atoms with van der Waals surface area (Å²) in [5.41, 5.74) is -0.185. The normalized spacial score (nSPS) is 12.6. The minimum atomic E-state index is -0.185. The van der Waals surface area contributed by atoms with E-state index < -0.39 is 0 Å². The second kappa shape index (κ2) is 6.38. The van der Waals surface area contributed by atoms with E-state index in [1.54, 1.807) is 0 Å². The molecule has 0 unspecified atom stereocenters. The molecule has 0 fully saturated rings. The summed E-state index contributed by atoms with van der Waals surface area (Å²) in [6.45, 7) is 9.56. The van der Waals surface area contributed by atoms with E-state index >= 15 is 0 Å². The van der Waals surface area contributed by atoms with Crippen LogP contribution in [-0.2, 0) is 9.53 Å². The van der Waals surface area contributed by atoms with E-state index in [9.17, 15) is 4.79 Å². The Bertz CT molecular complexity index is 188. The summed E-state index contributed by atoms with van der Waals surface area (Å²) in [7, 11) is 0. The monoisotopic (exact) mass is 233 g/mol. The van der Waals surface area contributed by atoms with Gasteiger partial charge in [0, 0.05) is 17.9 Å². The zero-order valence-electron chi connectivity index (χ0n) is 10.2. The zero-order chi connectivity index (χ0) is 11.9. The minimum absolute atomic E-state index is 0.0110. The Morgan fingerprint density at radius 2 is 1.87 bits per heavy atom. The van der Waals surface area contributed by atoms with Gasteiger partial charge in [-0.05, 0) is 26.7 Å². The highest BCUT2D eigenvalue weighted by molar-refractivity contribution is 7.81. The second-order valence-corrected chi connectivity index (χ2v) is 6.20. The third-order valence-electron chi connectivity index (χ3n) is 2.16. The van der Waals surface area contributed by atoms with E-state index in [4.69, 9.17) is 4.74 Å². The van der Waals surface area contributed by atoms with E-state index in [-0.39, 0.29) is 10.3 Å². The Balaban J connectivity index is 3.68. The summed E-state index contributed by atoms with van der Waals surface area (Å²) in [6, 6.07) is 0. The number of thiol groups is 1.